The normalized spacial score (nSPS) is 16.2. The van der Waals surface area contributed by atoms with Crippen LogP contribution in [0.2, 0.25) is 0 Å². The summed E-state index contributed by atoms with van der Waals surface area (Å²) in [6.07, 6.45) is 0. The highest BCUT2D eigenvalue weighted by Gasteiger charge is 2.13. The van der Waals surface area contributed by atoms with Crippen molar-refractivity contribution < 1.29 is 4.74 Å². The Morgan fingerprint density at radius 1 is 1.14 bits per heavy atom. The number of aromatic nitrogens is 3. The number of benzene rings is 1. The molecule has 1 fully saturated rings. The number of morpholine rings is 1. The molecule has 5 nitrogen and oxygen atoms in total. The van der Waals surface area contributed by atoms with E-state index in [1.807, 2.05) is 25.1 Å². The Hall–Kier alpha value is -1.37. The van der Waals surface area contributed by atoms with E-state index in [9.17, 15) is 0 Å². The lowest BCUT2D eigenvalue weighted by Gasteiger charge is -2.26. The van der Waals surface area contributed by atoms with E-state index < -0.39 is 0 Å². The van der Waals surface area contributed by atoms with Crippen molar-refractivity contribution in [1.82, 2.24) is 19.7 Å². The summed E-state index contributed by atoms with van der Waals surface area (Å²) >= 11 is 1.76. The zero-order chi connectivity index (χ0) is 14.5. The number of aryl methyl sites for hydroxylation is 1. The van der Waals surface area contributed by atoms with Crippen LogP contribution in [0.25, 0.3) is 5.69 Å². The predicted molar refractivity (Wildman–Crippen MR) is 84.1 cm³/mol. The van der Waals surface area contributed by atoms with Gasteiger partial charge in [0.25, 0.3) is 0 Å². The first-order chi connectivity index (χ1) is 10.3. The molecule has 1 aliphatic heterocycles. The van der Waals surface area contributed by atoms with Gasteiger partial charge in [0.2, 0.25) is 0 Å². The fourth-order valence-corrected chi connectivity index (χ4v) is 3.40. The predicted octanol–water partition coefficient (Wildman–Crippen LogP) is 2.00. The van der Waals surface area contributed by atoms with Crippen molar-refractivity contribution in [3.63, 3.8) is 0 Å². The second kappa shape index (κ2) is 7.06. The zero-order valence-electron chi connectivity index (χ0n) is 12.2. The van der Waals surface area contributed by atoms with Crippen molar-refractivity contribution >= 4 is 11.8 Å². The summed E-state index contributed by atoms with van der Waals surface area (Å²) in [7, 11) is 0. The number of nitrogens with zero attached hydrogens (tertiary/aromatic N) is 4. The van der Waals surface area contributed by atoms with Crippen molar-refractivity contribution in [2.24, 2.45) is 0 Å². The van der Waals surface area contributed by atoms with Crippen molar-refractivity contribution in [3.05, 3.63) is 36.2 Å². The van der Waals surface area contributed by atoms with Crippen LogP contribution in [0.15, 0.2) is 35.5 Å². The van der Waals surface area contributed by atoms with Gasteiger partial charge in [0.15, 0.2) is 5.16 Å². The molecule has 0 amide bonds. The minimum Gasteiger partial charge on any atom is -0.379 e. The Bertz CT molecular complexity index is 566. The molecule has 21 heavy (non-hydrogen) atoms. The number of thioether (sulfide) groups is 1. The Labute approximate surface area is 129 Å². The Kier molecular flexibility index (Phi) is 4.90. The van der Waals surface area contributed by atoms with E-state index in [1.165, 1.54) is 0 Å². The summed E-state index contributed by atoms with van der Waals surface area (Å²) in [5, 5.41) is 9.49. The summed E-state index contributed by atoms with van der Waals surface area (Å²) < 4.78 is 7.48. The van der Waals surface area contributed by atoms with Crippen LogP contribution in [0.1, 0.15) is 5.82 Å². The molecule has 0 radical (unpaired) electrons. The van der Waals surface area contributed by atoms with Crippen LogP contribution in [-0.4, -0.2) is 58.3 Å². The molecule has 1 saturated heterocycles. The fourth-order valence-electron chi connectivity index (χ4n) is 2.40. The van der Waals surface area contributed by atoms with Crippen molar-refractivity contribution in [1.29, 1.82) is 0 Å². The van der Waals surface area contributed by atoms with E-state index in [0.717, 1.165) is 55.3 Å². The molecule has 1 aromatic carbocycles. The van der Waals surface area contributed by atoms with Gasteiger partial charge in [-0.05, 0) is 19.1 Å². The molecule has 2 aromatic rings. The third-order valence-electron chi connectivity index (χ3n) is 3.55. The maximum atomic E-state index is 5.37. The van der Waals surface area contributed by atoms with Crippen LogP contribution in [0.4, 0.5) is 0 Å². The van der Waals surface area contributed by atoms with Gasteiger partial charge in [0.05, 0.1) is 13.2 Å². The van der Waals surface area contributed by atoms with Gasteiger partial charge in [-0.2, -0.15) is 0 Å². The van der Waals surface area contributed by atoms with E-state index in [2.05, 4.69) is 31.8 Å². The molecular formula is C15H20N4OS. The molecule has 0 atom stereocenters. The molecule has 0 unspecified atom stereocenters. The standard InChI is InChI=1S/C15H20N4OS/c1-13-16-17-15(19(13)14-5-3-2-4-6-14)21-12-9-18-7-10-20-11-8-18/h2-6H,7-12H2,1H3. The summed E-state index contributed by atoms with van der Waals surface area (Å²) in [5.74, 6) is 1.94. The molecule has 0 N–H and O–H groups in total. The highest BCUT2D eigenvalue weighted by Crippen LogP contribution is 2.21. The third kappa shape index (κ3) is 3.64. The van der Waals surface area contributed by atoms with Gasteiger partial charge in [0.1, 0.15) is 5.82 Å². The summed E-state index contributed by atoms with van der Waals surface area (Å²) in [6, 6.07) is 10.3. The molecule has 1 aromatic heterocycles. The molecule has 3 rings (SSSR count). The fraction of sp³-hybridized carbons (Fsp3) is 0.467. The van der Waals surface area contributed by atoms with Gasteiger partial charge in [-0.15, -0.1) is 10.2 Å². The second-order valence-electron chi connectivity index (χ2n) is 5.00. The molecule has 0 saturated carbocycles. The largest absolute Gasteiger partial charge is 0.379 e. The Balaban J connectivity index is 1.63. The molecule has 0 bridgehead atoms. The highest BCUT2D eigenvalue weighted by molar-refractivity contribution is 7.99. The smallest absolute Gasteiger partial charge is 0.195 e. The van der Waals surface area contributed by atoms with Crippen LogP contribution in [0.3, 0.4) is 0 Å². The molecule has 112 valence electrons. The van der Waals surface area contributed by atoms with Gasteiger partial charge in [-0.3, -0.25) is 9.47 Å². The number of ether oxygens (including phenoxy) is 1. The van der Waals surface area contributed by atoms with Gasteiger partial charge >= 0.3 is 0 Å². The maximum Gasteiger partial charge on any atom is 0.195 e. The van der Waals surface area contributed by atoms with Gasteiger partial charge in [0, 0.05) is 31.1 Å². The molecular weight excluding hydrogens is 284 g/mol. The molecule has 2 heterocycles. The minimum atomic E-state index is 0.851. The van der Waals surface area contributed by atoms with E-state index in [4.69, 9.17) is 4.74 Å². The van der Waals surface area contributed by atoms with E-state index in [1.54, 1.807) is 11.8 Å². The third-order valence-corrected chi connectivity index (χ3v) is 4.46. The van der Waals surface area contributed by atoms with Crippen LogP contribution in [0, 0.1) is 6.92 Å². The quantitative estimate of drug-likeness (QED) is 0.791. The SMILES string of the molecule is Cc1nnc(SCCN2CCOCC2)n1-c1ccccc1. The summed E-state index contributed by atoms with van der Waals surface area (Å²) in [6.45, 7) is 6.82. The van der Waals surface area contributed by atoms with Crippen LogP contribution >= 0.6 is 11.8 Å². The number of para-hydroxylation sites is 1. The zero-order valence-corrected chi connectivity index (χ0v) is 13.1. The minimum absolute atomic E-state index is 0.851. The lowest BCUT2D eigenvalue weighted by atomic mass is 10.3. The maximum absolute atomic E-state index is 5.37. The molecule has 0 aliphatic carbocycles. The molecule has 0 spiro atoms. The van der Waals surface area contributed by atoms with Gasteiger partial charge in [-0.1, -0.05) is 30.0 Å². The monoisotopic (exact) mass is 304 g/mol. The highest BCUT2D eigenvalue weighted by atomic mass is 32.2. The second-order valence-corrected chi connectivity index (χ2v) is 6.07. The van der Waals surface area contributed by atoms with Crippen molar-refractivity contribution in [3.8, 4) is 5.69 Å². The topological polar surface area (TPSA) is 43.2 Å². The first kappa shape index (κ1) is 14.6. The van der Waals surface area contributed by atoms with E-state index >= 15 is 0 Å². The first-order valence-corrected chi connectivity index (χ1v) is 8.23. The molecule has 1 aliphatic rings. The Morgan fingerprint density at radius 3 is 2.67 bits per heavy atom. The molecule has 6 heteroatoms. The summed E-state index contributed by atoms with van der Waals surface area (Å²) in [5.41, 5.74) is 1.12. The first-order valence-electron chi connectivity index (χ1n) is 7.25. The average molecular weight is 304 g/mol. The number of rotatable bonds is 5. The van der Waals surface area contributed by atoms with Crippen molar-refractivity contribution in [2.45, 2.75) is 12.1 Å². The number of hydrogen-bond acceptors (Lipinski definition) is 5. The summed E-state index contributed by atoms with van der Waals surface area (Å²) in [4.78, 5) is 2.44. The van der Waals surface area contributed by atoms with Gasteiger partial charge < -0.3 is 4.74 Å². The van der Waals surface area contributed by atoms with Crippen LogP contribution in [-0.2, 0) is 4.74 Å². The van der Waals surface area contributed by atoms with Gasteiger partial charge in [-0.25, -0.2) is 0 Å². The van der Waals surface area contributed by atoms with E-state index in [0.29, 0.717) is 0 Å². The number of hydrogen-bond donors (Lipinski definition) is 0. The Morgan fingerprint density at radius 2 is 1.90 bits per heavy atom. The van der Waals surface area contributed by atoms with Crippen LogP contribution < -0.4 is 0 Å². The lowest BCUT2D eigenvalue weighted by molar-refractivity contribution is 0.0410. The van der Waals surface area contributed by atoms with Crippen molar-refractivity contribution in [2.75, 3.05) is 38.6 Å². The van der Waals surface area contributed by atoms with Crippen LogP contribution in [0.5, 0.6) is 0 Å². The lowest BCUT2D eigenvalue weighted by Crippen LogP contribution is -2.37. The van der Waals surface area contributed by atoms with E-state index in [-0.39, 0.29) is 0 Å². The average Bonchev–Trinajstić information content (AvgIpc) is 2.90.